The maximum Gasteiger partial charge on any atom is 0.451 e. The van der Waals surface area contributed by atoms with Gasteiger partial charge in [-0.3, -0.25) is 4.79 Å². The Morgan fingerprint density at radius 1 is 1.24 bits per heavy atom. The summed E-state index contributed by atoms with van der Waals surface area (Å²) in [4.78, 5) is 16.8. The van der Waals surface area contributed by atoms with Gasteiger partial charge >= 0.3 is 6.18 Å². The first-order valence-corrected chi connectivity index (χ1v) is 6.15. The Morgan fingerprint density at radius 3 is 2.76 bits per heavy atom. The van der Waals surface area contributed by atoms with E-state index in [9.17, 15) is 18.0 Å². The number of nitrogens with zero attached hydrogens (tertiary/aromatic N) is 5. The van der Waals surface area contributed by atoms with Crippen molar-refractivity contribution in [1.82, 2.24) is 19.7 Å². The number of hydrogen-bond acceptors (Lipinski definition) is 5. The highest BCUT2D eigenvalue weighted by Gasteiger charge is 2.39. The minimum absolute atomic E-state index is 0.0893. The van der Waals surface area contributed by atoms with Crippen molar-refractivity contribution in [2.45, 2.75) is 19.3 Å². The molecule has 0 spiro atoms. The van der Waals surface area contributed by atoms with Crippen LogP contribution in [-0.2, 0) is 19.3 Å². The summed E-state index contributed by atoms with van der Waals surface area (Å²) in [6, 6.07) is 3.23. The van der Waals surface area contributed by atoms with Gasteiger partial charge in [0.25, 0.3) is 0 Å². The number of pyridine rings is 1. The number of rotatable bonds is 2. The molecule has 9 heteroatoms. The number of halogens is 3. The molecule has 0 atom stereocenters. The summed E-state index contributed by atoms with van der Waals surface area (Å²) in [6.07, 6.45) is -2.32. The molecule has 0 saturated carbocycles. The smallest absolute Gasteiger partial charge is 0.347 e. The summed E-state index contributed by atoms with van der Waals surface area (Å²) in [7, 11) is 0. The Balaban J connectivity index is 1.92. The van der Waals surface area contributed by atoms with Crippen LogP contribution in [0, 0.1) is 0 Å². The fourth-order valence-electron chi connectivity index (χ4n) is 2.31. The van der Waals surface area contributed by atoms with Crippen molar-refractivity contribution in [3.8, 4) is 0 Å². The van der Waals surface area contributed by atoms with E-state index in [1.807, 2.05) is 0 Å². The normalized spacial score (nSPS) is 14.9. The Bertz CT molecular complexity index is 682. The lowest BCUT2D eigenvalue weighted by molar-refractivity contribution is -0.147. The van der Waals surface area contributed by atoms with Crippen LogP contribution in [0.1, 0.15) is 22.0 Å². The zero-order valence-electron chi connectivity index (χ0n) is 10.7. The summed E-state index contributed by atoms with van der Waals surface area (Å²) in [6.45, 7) is 0.513. The van der Waals surface area contributed by atoms with Crippen LogP contribution in [0.4, 0.5) is 19.0 Å². The molecule has 0 aliphatic carbocycles. The molecule has 0 saturated heterocycles. The van der Waals surface area contributed by atoms with Gasteiger partial charge < -0.3 is 9.47 Å². The highest BCUT2D eigenvalue weighted by molar-refractivity contribution is 5.82. The van der Waals surface area contributed by atoms with Gasteiger partial charge in [0.05, 0.1) is 12.1 Å². The van der Waals surface area contributed by atoms with Crippen LogP contribution in [-0.4, -0.2) is 32.6 Å². The van der Waals surface area contributed by atoms with Gasteiger partial charge in [-0.05, 0) is 12.1 Å². The molecular weight excluding hydrogens is 287 g/mol. The van der Waals surface area contributed by atoms with E-state index in [4.69, 9.17) is 0 Å². The summed E-state index contributed by atoms with van der Waals surface area (Å²) < 4.78 is 39.3. The van der Waals surface area contributed by atoms with Crippen LogP contribution in [0.5, 0.6) is 0 Å². The van der Waals surface area contributed by atoms with Gasteiger partial charge in [-0.25, -0.2) is 4.98 Å². The summed E-state index contributed by atoms with van der Waals surface area (Å²) in [5, 5.41) is 6.80. The summed E-state index contributed by atoms with van der Waals surface area (Å²) >= 11 is 0. The fraction of sp³-hybridized carbons (Fsp3) is 0.333. The molecule has 2 aromatic heterocycles. The first-order chi connectivity index (χ1) is 10.0. The molecule has 110 valence electrons. The molecule has 0 fully saturated rings. The van der Waals surface area contributed by atoms with Crippen LogP contribution in [0.25, 0.3) is 0 Å². The molecule has 0 N–H and O–H groups in total. The minimum Gasteiger partial charge on any atom is -0.347 e. The number of alkyl halides is 3. The zero-order valence-corrected chi connectivity index (χ0v) is 10.7. The van der Waals surface area contributed by atoms with Gasteiger partial charge in [0.1, 0.15) is 5.82 Å². The molecule has 0 radical (unpaired) electrons. The van der Waals surface area contributed by atoms with E-state index >= 15 is 0 Å². The quantitative estimate of drug-likeness (QED) is 0.786. The molecule has 0 bridgehead atoms. The first-order valence-electron chi connectivity index (χ1n) is 6.15. The van der Waals surface area contributed by atoms with Crippen molar-refractivity contribution in [3.05, 3.63) is 35.5 Å². The number of aromatic nitrogens is 4. The predicted octanol–water partition coefficient (Wildman–Crippen LogP) is 1.52. The van der Waals surface area contributed by atoms with Crippen molar-refractivity contribution in [2.75, 3.05) is 11.4 Å². The molecule has 3 rings (SSSR count). The molecule has 21 heavy (non-hydrogen) atoms. The van der Waals surface area contributed by atoms with E-state index in [0.29, 0.717) is 24.2 Å². The van der Waals surface area contributed by atoms with Crippen molar-refractivity contribution in [3.63, 3.8) is 0 Å². The second kappa shape index (κ2) is 4.83. The SMILES string of the molecule is O=Cc1cccnc1N1CCn2c(nnc2C(F)(F)F)C1. The third kappa shape index (κ3) is 2.34. The van der Waals surface area contributed by atoms with E-state index in [-0.39, 0.29) is 18.9 Å². The van der Waals surface area contributed by atoms with Crippen LogP contribution in [0.3, 0.4) is 0 Å². The Labute approximate surface area is 117 Å². The van der Waals surface area contributed by atoms with E-state index in [0.717, 1.165) is 4.57 Å². The number of fused-ring (bicyclic) bond motifs is 1. The van der Waals surface area contributed by atoms with Gasteiger partial charge in [0.2, 0.25) is 5.82 Å². The molecule has 0 aromatic carbocycles. The Kier molecular flexibility index (Phi) is 3.11. The van der Waals surface area contributed by atoms with Gasteiger partial charge in [0.15, 0.2) is 12.1 Å². The fourth-order valence-corrected chi connectivity index (χ4v) is 2.31. The molecule has 2 aromatic rings. The second-order valence-electron chi connectivity index (χ2n) is 4.54. The third-order valence-corrected chi connectivity index (χ3v) is 3.25. The van der Waals surface area contributed by atoms with Gasteiger partial charge in [-0.15, -0.1) is 10.2 Å². The first kappa shape index (κ1) is 13.5. The average Bonchev–Trinajstić information content (AvgIpc) is 2.90. The molecule has 6 nitrogen and oxygen atoms in total. The van der Waals surface area contributed by atoms with E-state index < -0.39 is 12.0 Å². The minimum atomic E-state index is -4.52. The molecule has 0 unspecified atom stereocenters. The highest BCUT2D eigenvalue weighted by atomic mass is 19.4. The lowest BCUT2D eigenvalue weighted by atomic mass is 10.2. The zero-order chi connectivity index (χ0) is 15.0. The van der Waals surface area contributed by atoms with Crippen LogP contribution >= 0.6 is 0 Å². The maximum atomic E-state index is 12.8. The van der Waals surface area contributed by atoms with Crippen LogP contribution in [0.15, 0.2) is 18.3 Å². The van der Waals surface area contributed by atoms with Crippen molar-refractivity contribution in [2.24, 2.45) is 0 Å². The third-order valence-electron chi connectivity index (χ3n) is 3.25. The Morgan fingerprint density at radius 2 is 2.05 bits per heavy atom. The van der Waals surface area contributed by atoms with Gasteiger partial charge in [0, 0.05) is 19.3 Å². The molecular formula is C12H10F3N5O. The standard InChI is InChI=1S/C12H10F3N5O/c13-12(14,15)11-18-17-9-6-19(4-5-20(9)11)10-8(7-21)2-1-3-16-10/h1-3,7H,4-6H2. The molecule has 0 amide bonds. The van der Waals surface area contributed by atoms with Gasteiger partial charge in [-0.2, -0.15) is 13.2 Å². The number of carbonyl (C=O) groups excluding carboxylic acids is 1. The Hall–Kier alpha value is -2.45. The largest absolute Gasteiger partial charge is 0.451 e. The van der Waals surface area contributed by atoms with E-state index in [2.05, 4.69) is 15.2 Å². The second-order valence-corrected chi connectivity index (χ2v) is 4.54. The van der Waals surface area contributed by atoms with Crippen molar-refractivity contribution < 1.29 is 18.0 Å². The van der Waals surface area contributed by atoms with Gasteiger partial charge in [-0.1, -0.05) is 0 Å². The number of aldehydes is 1. The highest BCUT2D eigenvalue weighted by Crippen LogP contribution is 2.30. The number of hydrogen-bond donors (Lipinski definition) is 0. The van der Waals surface area contributed by atoms with Crippen molar-refractivity contribution >= 4 is 12.1 Å². The van der Waals surface area contributed by atoms with E-state index in [1.54, 1.807) is 17.0 Å². The average molecular weight is 297 g/mol. The lowest BCUT2D eigenvalue weighted by Crippen LogP contribution is -2.36. The predicted molar refractivity (Wildman–Crippen MR) is 65.7 cm³/mol. The van der Waals surface area contributed by atoms with E-state index in [1.165, 1.54) is 6.20 Å². The number of carbonyl (C=O) groups is 1. The summed E-state index contributed by atoms with van der Waals surface area (Å²) in [5.41, 5.74) is 0.390. The topological polar surface area (TPSA) is 63.9 Å². The lowest BCUT2D eigenvalue weighted by Gasteiger charge is -2.29. The molecule has 3 heterocycles. The monoisotopic (exact) mass is 297 g/mol. The van der Waals surface area contributed by atoms with Crippen molar-refractivity contribution in [1.29, 1.82) is 0 Å². The number of anilines is 1. The molecule has 1 aliphatic rings. The summed E-state index contributed by atoms with van der Waals surface area (Å²) in [5.74, 6) is -0.347. The molecule has 1 aliphatic heterocycles. The van der Waals surface area contributed by atoms with Crippen LogP contribution in [0.2, 0.25) is 0 Å². The maximum absolute atomic E-state index is 12.8. The van der Waals surface area contributed by atoms with Crippen LogP contribution < -0.4 is 4.90 Å².